The molecule has 2 aromatic heterocycles. The third-order valence-corrected chi connectivity index (χ3v) is 5.51. The van der Waals surface area contributed by atoms with Crippen molar-refractivity contribution >= 4 is 17.2 Å². The Morgan fingerprint density at radius 2 is 2.21 bits per heavy atom. The summed E-state index contributed by atoms with van der Waals surface area (Å²) in [5.74, 6) is 0.766. The summed E-state index contributed by atoms with van der Waals surface area (Å²) in [6, 6.07) is 12.3. The maximum Gasteiger partial charge on any atom is 0.266 e. The summed E-state index contributed by atoms with van der Waals surface area (Å²) < 4.78 is 5.37. The fraction of sp³-hybridized carbons (Fsp3) is 0.263. The van der Waals surface area contributed by atoms with E-state index < -0.39 is 0 Å². The second-order valence-corrected chi connectivity index (χ2v) is 6.91. The number of fused-ring (bicyclic) bond motifs is 1. The lowest BCUT2D eigenvalue weighted by Crippen LogP contribution is -2.39. The standard InChI is InChI=1S/C19H18N2O2S/c1-2-15-14-7-4-3-6-13(14)9-10-21(15)19(22)17-12-20-18(24-17)16-8-5-11-23-16/h3-8,11-12,15H,2,9-10H2,1H3. The summed E-state index contributed by atoms with van der Waals surface area (Å²) in [6.45, 7) is 2.89. The molecule has 1 aromatic carbocycles. The van der Waals surface area contributed by atoms with Crippen molar-refractivity contribution in [2.75, 3.05) is 6.54 Å². The summed E-state index contributed by atoms with van der Waals surface area (Å²) in [6.07, 6.45) is 5.10. The SMILES string of the molecule is CCC1c2ccccc2CCN1C(=O)c1cnc(-c2ccco2)s1. The number of thiazole rings is 1. The van der Waals surface area contributed by atoms with Crippen molar-refractivity contribution in [3.05, 3.63) is 64.9 Å². The molecular formula is C19H18N2O2S. The van der Waals surface area contributed by atoms with Gasteiger partial charge in [0.2, 0.25) is 0 Å². The van der Waals surface area contributed by atoms with E-state index in [1.807, 2.05) is 17.0 Å². The third-order valence-electron chi connectivity index (χ3n) is 4.51. The van der Waals surface area contributed by atoms with E-state index >= 15 is 0 Å². The molecule has 1 amide bonds. The molecule has 0 spiro atoms. The molecule has 0 saturated carbocycles. The van der Waals surface area contributed by atoms with Crippen LogP contribution in [0.15, 0.2) is 53.3 Å². The molecule has 4 nitrogen and oxygen atoms in total. The van der Waals surface area contributed by atoms with Crippen LogP contribution in [-0.2, 0) is 6.42 Å². The molecule has 0 N–H and O–H groups in total. The van der Waals surface area contributed by atoms with Gasteiger partial charge in [-0.3, -0.25) is 4.79 Å². The van der Waals surface area contributed by atoms with Gasteiger partial charge in [-0.25, -0.2) is 4.98 Å². The minimum atomic E-state index is 0.0617. The number of hydrogen-bond donors (Lipinski definition) is 0. The van der Waals surface area contributed by atoms with E-state index in [2.05, 4.69) is 36.2 Å². The molecule has 0 aliphatic carbocycles. The van der Waals surface area contributed by atoms with Crippen molar-refractivity contribution in [2.24, 2.45) is 0 Å². The highest BCUT2D eigenvalue weighted by molar-refractivity contribution is 7.16. The molecule has 1 atom stereocenters. The first-order valence-corrected chi connectivity index (χ1v) is 8.98. The average Bonchev–Trinajstić information content (AvgIpc) is 3.31. The van der Waals surface area contributed by atoms with Gasteiger partial charge < -0.3 is 9.32 Å². The molecular weight excluding hydrogens is 320 g/mol. The summed E-state index contributed by atoms with van der Waals surface area (Å²) in [5, 5.41) is 0.744. The van der Waals surface area contributed by atoms with Gasteiger partial charge >= 0.3 is 0 Å². The molecule has 0 radical (unpaired) electrons. The normalized spacial score (nSPS) is 16.9. The Morgan fingerprint density at radius 1 is 1.33 bits per heavy atom. The van der Waals surface area contributed by atoms with Crippen molar-refractivity contribution in [1.82, 2.24) is 9.88 Å². The molecule has 0 saturated heterocycles. The van der Waals surface area contributed by atoms with Crippen LogP contribution in [0.1, 0.15) is 40.2 Å². The molecule has 5 heteroatoms. The van der Waals surface area contributed by atoms with Crippen LogP contribution in [0, 0.1) is 0 Å². The molecule has 24 heavy (non-hydrogen) atoms. The summed E-state index contributed by atoms with van der Waals surface area (Å²) >= 11 is 1.39. The summed E-state index contributed by atoms with van der Waals surface area (Å²) in [7, 11) is 0. The lowest BCUT2D eigenvalue weighted by Gasteiger charge is -2.36. The summed E-state index contributed by atoms with van der Waals surface area (Å²) in [4.78, 5) is 20.0. The fourth-order valence-corrected chi connectivity index (χ4v) is 4.20. The summed E-state index contributed by atoms with van der Waals surface area (Å²) in [5.41, 5.74) is 2.63. The number of hydrogen-bond acceptors (Lipinski definition) is 4. The van der Waals surface area contributed by atoms with Crippen LogP contribution in [0.4, 0.5) is 0 Å². The van der Waals surface area contributed by atoms with Gasteiger partial charge in [-0.1, -0.05) is 31.2 Å². The Hall–Kier alpha value is -2.40. The first kappa shape index (κ1) is 15.1. The van der Waals surface area contributed by atoms with Crippen molar-refractivity contribution in [3.63, 3.8) is 0 Å². The Balaban J connectivity index is 1.63. The van der Waals surface area contributed by atoms with E-state index in [1.54, 1.807) is 12.5 Å². The monoisotopic (exact) mass is 338 g/mol. The largest absolute Gasteiger partial charge is 0.462 e. The zero-order valence-corrected chi connectivity index (χ0v) is 14.3. The number of nitrogens with zero attached hydrogens (tertiary/aromatic N) is 2. The minimum absolute atomic E-state index is 0.0617. The molecule has 3 heterocycles. The van der Waals surface area contributed by atoms with Crippen molar-refractivity contribution < 1.29 is 9.21 Å². The predicted octanol–water partition coefficient (Wildman–Crippen LogP) is 4.55. The molecule has 1 aliphatic rings. The van der Waals surface area contributed by atoms with Crippen LogP contribution in [0.5, 0.6) is 0 Å². The molecule has 0 bridgehead atoms. The number of benzene rings is 1. The first-order chi connectivity index (χ1) is 11.8. The second kappa shape index (κ2) is 6.24. The molecule has 0 fully saturated rings. The lowest BCUT2D eigenvalue weighted by atomic mass is 9.91. The van der Waals surface area contributed by atoms with E-state index in [9.17, 15) is 4.79 Å². The highest BCUT2D eigenvalue weighted by Gasteiger charge is 2.31. The van der Waals surface area contributed by atoms with Crippen molar-refractivity contribution in [2.45, 2.75) is 25.8 Å². The quantitative estimate of drug-likeness (QED) is 0.704. The van der Waals surface area contributed by atoms with E-state index in [-0.39, 0.29) is 11.9 Å². The molecule has 1 aliphatic heterocycles. The topological polar surface area (TPSA) is 46.3 Å². The zero-order valence-electron chi connectivity index (χ0n) is 13.4. The minimum Gasteiger partial charge on any atom is -0.462 e. The maximum atomic E-state index is 13.0. The van der Waals surface area contributed by atoms with Gasteiger partial charge in [-0.2, -0.15) is 0 Å². The smallest absolute Gasteiger partial charge is 0.266 e. The molecule has 122 valence electrons. The van der Waals surface area contributed by atoms with E-state index in [0.29, 0.717) is 10.6 Å². The van der Waals surface area contributed by atoms with Crippen LogP contribution in [-0.4, -0.2) is 22.3 Å². The van der Waals surface area contributed by atoms with Gasteiger partial charge in [-0.15, -0.1) is 11.3 Å². The fourth-order valence-electron chi connectivity index (χ4n) is 3.36. The number of carbonyl (C=O) groups is 1. The van der Waals surface area contributed by atoms with E-state index in [1.165, 1.54) is 22.5 Å². The Kier molecular flexibility index (Phi) is 3.94. The number of amides is 1. The van der Waals surface area contributed by atoms with Gasteiger partial charge in [0.05, 0.1) is 18.5 Å². The van der Waals surface area contributed by atoms with Gasteiger partial charge in [0.25, 0.3) is 5.91 Å². The van der Waals surface area contributed by atoms with Crippen LogP contribution in [0.3, 0.4) is 0 Å². The molecule has 3 aromatic rings. The van der Waals surface area contributed by atoms with Crippen molar-refractivity contribution in [1.29, 1.82) is 0 Å². The average molecular weight is 338 g/mol. The van der Waals surface area contributed by atoms with Crippen molar-refractivity contribution in [3.8, 4) is 10.8 Å². The Labute approximate surface area is 144 Å². The van der Waals surface area contributed by atoms with Gasteiger partial charge in [0.15, 0.2) is 10.8 Å². The van der Waals surface area contributed by atoms with Crippen LogP contribution >= 0.6 is 11.3 Å². The predicted molar refractivity (Wildman–Crippen MR) is 94.0 cm³/mol. The van der Waals surface area contributed by atoms with E-state index in [4.69, 9.17) is 4.42 Å². The number of rotatable bonds is 3. The highest BCUT2D eigenvalue weighted by atomic mass is 32.1. The Morgan fingerprint density at radius 3 is 3.00 bits per heavy atom. The number of aromatic nitrogens is 1. The molecule has 1 unspecified atom stereocenters. The lowest BCUT2D eigenvalue weighted by molar-refractivity contribution is 0.0660. The first-order valence-electron chi connectivity index (χ1n) is 8.16. The Bertz CT molecular complexity index is 854. The van der Waals surface area contributed by atoms with Crippen LogP contribution in [0.25, 0.3) is 10.8 Å². The van der Waals surface area contributed by atoms with Gasteiger partial charge in [0.1, 0.15) is 4.88 Å². The third kappa shape index (κ3) is 2.55. The van der Waals surface area contributed by atoms with E-state index in [0.717, 1.165) is 24.4 Å². The second-order valence-electron chi connectivity index (χ2n) is 5.88. The van der Waals surface area contributed by atoms with Crippen LogP contribution < -0.4 is 0 Å². The zero-order chi connectivity index (χ0) is 16.5. The number of furan rings is 1. The van der Waals surface area contributed by atoms with Gasteiger partial charge in [-0.05, 0) is 36.1 Å². The van der Waals surface area contributed by atoms with Gasteiger partial charge in [0, 0.05) is 6.54 Å². The highest BCUT2D eigenvalue weighted by Crippen LogP contribution is 2.34. The number of carbonyl (C=O) groups excluding carboxylic acids is 1. The van der Waals surface area contributed by atoms with Crippen LogP contribution in [0.2, 0.25) is 0 Å². The maximum absolute atomic E-state index is 13.0. The molecule has 4 rings (SSSR count).